The fraction of sp³-hybridized carbons (Fsp3) is 0.400. The summed E-state index contributed by atoms with van der Waals surface area (Å²) in [5.41, 5.74) is 3.59. The molecule has 0 saturated heterocycles. The highest BCUT2D eigenvalue weighted by Crippen LogP contribution is 2.25. The van der Waals surface area contributed by atoms with Gasteiger partial charge in [0.05, 0.1) is 17.4 Å². The lowest BCUT2D eigenvalue weighted by Gasteiger charge is -2.26. The third-order valence-corrected chi connectivity index (χ3v) is 4.96. The van der Waals surface area contributed by atoms with Crippen LogP contribution in [-0.4, -0.2) is 45.6 Å². The summed E-state index contributed by atoms with van der Waals surface area (Å²) in [5.74, 6) is 1.63. The van der Waals surface area contributed by atoms with Crippen molar-refractivity contribution in [2.24, 2.45) is 0 Å². The van der Waals surface area contributed by atoms with Crippen LogP contribution in [0, 0.1) is 0 Å². The number of carbonyl (C=O) groups excluding carboxylic acids is 1. The molecule has 7 nitrogen and oxygen atoms in total. The minimum absolute atomic E-state index is 0.101. The van der Waals surface area contributed by atoms with Gasteiger partial charge in [0.25, 0.3) is 5.91 Å². The molecule has 140 valence electrons. The number of imidazole rings is 1. The molecule has 4 rings (SSSR count). The summed E-state index contributed by atoms with van der Waals surface area (Å²) < 4.78 is 2.15. The van der Waals surface area contributed by atoms with Crippen LogP contribution < -0.4 is 10.2 Å². The molecule has 3 heterocycles. The lowest BCUT2D eigenvalue weighted by atomic mass is 10.0. The van der Waals surface area contributed by atoms with Gasteiger partial charge in [-0.1, -0.05) is 26.0 Å². The zero-order chi connectivity index (χ0) is 19.0. The maximum Gasteiger partial charge on any atom is 0.270 e. The Balaban J connectivity index is 1.63. The van der Waals surface area contributed by atoms with Crippen molar-refractivity contribution >= 4 is 22.8 Å². The zero-order valence-electron chi connectivity index (χ0n) is 15.9. The summed E-state index contributed by atoms with van der Waals surface area (Å²) in [7, 11) is 2.03. The fourth-order valence-electron chi connectivity index (χ4n) is 3.42. The van der Waals surface area contributed by atoms with Crippen LogP contribution in [0.2, 0.25) is 0 Å². The number of hydrogen-bond acceptors (Lipinski definition) is 5. The number of hydrogen-bond donors (Lipinski definition) is 1. The van der Waals surface area contributed by atoms with Crippen molar-refractivity contribution in [3.8, 4) is 0 Å². The van der Waals surface area contributed by atoms with Crippen LogP contribution >= 0.6 is 0 Å². The van der Waals surface area contributed by atoms with Crippen LogP contribution in [0.4, 0.5) is 5.82 Å². The van der Waals surface area contributed by atoms with Crippen LogP contribution in [0.1, 0.15) is 41.6 Å². The first-order valence-corrected chi connectivity index (χ1v) is 9.34. The van der Waals surface area contributed by atoms with E-state index >= 15 is 0 Å². The standard InChI is InChI=1S/C20H24N6O/c1-13(2)18-23-17-14(8-9-21-20(17)27)19(24-18)25(3)10-11-26-12-22-15-6-4-5-7-16(15)26/h4-7,12-13H,8-11H2,1-3H3,(H,21,27). The van der Waals surface area contributed by atoms with Crippen LogP contribution in [0.5, 0.6) is 0 Å². The van der Waals surface area contributed by atoms with Gasteiger partial charge in [-0.3, -0.25) is 4.79 Å². The number of benzene rings is 1. The smallest absolute Gasteiger partial charge is 0.270 e. The Bertz CT molecular complexity index is 993. The summed E-state index contributed by atoms with van der Waals surface area (Å²) in [6, 6.07) is 8.12. The van der Waals surface area contributed by atoms with E-state index < -0.39 is 0 Å². The molecule has 1 aromatic carbocycles. The molecule has 0 bridgehead atoms. The zero-order valence-corrected chi connectivity index (χ0v) is 15.9. The molecule has 0 saturated carbocycles. The van der Waals surface area contributed by atoms with Gasteiger partial charge in [-0.05, 0) is 18.6 Å². The maximum atomic E-state index is 12.3. The molecule has 1 amide bonds. The third-order valence-electron chi connectivity index (χ3n) is 4.96. The van der Waals surface area contributed by atoms with Gasteiger partial charge in [0, 0.05) is 38.2 Å². The van der Waals surface area contributed by atoms with E-state index in [1.165, 1.54) is 0 Å². The van der Waals surface area contributed by atoms with Gasteiger partial charge in [0.2, 0.25) is 0 Å². The van der Waals surface area contributed by atoms with Crippen molar-refractivity contribution in [3.05, 3.63) is 47.7 Å². The van der Waals surface area contributed by atoms with E-state index in [4.69, 9.17) is 4.98 Å². The maximum absolute atomic E-state index is 12.3. The number of rotatable bonds is 5. The van der Waals surface area contributed by atoms with Gasteiger partial charge >= 0.3 is 0 Å². The average Bonchev–Trinajstić information content (AvgIpc) is 3.09. The monoisotopic (exact) mass is 364 g/mol. The number of anilines is 1. The van der Waals surface area contributed by atoms with Gasteiger partial charge in [0.1, 0.15) is 17.3 Å². The number of nitrogens with one attached hydrogen (secondary N) is 1. The van der Waals surface area contributed by atoms with Crippen molar-refractivity contribution in [3.63, 3.8) is 0 Å². The van der Waals surface area contributed by atoms with Crippen LogP contribution in [-0.2, 0) is 13.0 Å². The highest BCUT2D eigenvalue weighted by Gasteiger charge is 2.25. The number of likely N-dealkylation sites (N-methyl/N-ethyl adjacent to an activating group) is 1. The fourth-order valence-corrected chi connectivity index (χ4v) is 3.42. The van der Waals surface area contributed by atoms with Crippen molar-refractivity contribution in [2.75, 3.05) is 25.0 Å². The minimum atomic E-state index is -0.101. The Hall–Kier alpha value is -2.96. The van der Waals surface area contributed by atoms with Crippen molar-refractivity contribution in [1.29, 1.82) is 0 Å². The molecule has 1 aliphatic heterocycles. The molecular weight excluding hydrogens is 340 g/mol. The summed E-state index contributed by atoms with van der Waals surface area (Å²) in [6.07, 6.45) is 2.63. The van der Waals surface area contributed by atoms with Gasteiger partial charge < -0.3 is 14.8 Å². The molecule has 0 atom stereocenters. The Morgan fingerprint density at radius 1 is 1.26 bits per heavy atom. The number of carbonyl (C=O) groups is 1. The third kappa shape index (κ3) is 3.25. The molecule has 2 aromatic heterocycles. The quantitative estimate of drug-likeness (QED) is 0.752. The van der Waals surface area contributed by atoms with Crippen molar-refractivity contribution < 1.29 is 4.79 Å². The predicted molar refractivity (Wildman–Crippen MR) is 105 cm³/mol. The van der Waals surface area contributed by atoms with Crippen molar-refractivity contribution in [2.45, 2.75) is 32.7 Å². The number of fused-ring (bicyclic) bond motifs is 2. The highest BCUT2D eigenvalue weighted by molar-refractivity contribution is 5.96. The summed E-state index contributed by atoms with van der Waals surface area (Å²) in [6.45, 7) is 6.28. The predicted octanol–water partition coefficient (Wildman–Crippen LogP) is 2.37. The topological polar surface area (TPSA) is 75.9 Å². The first kappa shape index (κ1) is 17.5. The lowest BCUT2D eigenvalue weighted by molar-refractivity contribution is 0.0940. The Kier molecular flexibility index (Phi) is 4.51. The Morgan fingerprint density at radius 2 is 2.07 bits per heavy atom. The van der Waals surface area contributed by atoms with Crippen molar-refractivity contribution in [1.82, 2.24) is 24.8 Å². The molecular formula is C20H24N6O. The lowest BCUT2D eigenvalue weighted by Crippen LogP contribution is -2.36. The first-order chi connectivity index (χ1) is 13.0. The molecule has 7 heteroatoms. The number of aromatic nitrogens is 4. The molecule has 0 spiro atoms. The molecule has 3 aromatic rings. The summed E-state index contributed by atoms with van der Waals surface area (Å²) >= 11 is 0. The molecule has 0 radical (unpaired) electrons. The second-order valence-corrected chi connectivity index (χ2v) is 7.24. The van der Waals surface area contributed by atoms with Crippen LogP contribution in [0.15, 0.2) is 30.6 Å². The van der Waals surface area contributed by atoms with E-state index in [1.54, 1.807) is 0 Å². The van der Waals surface area contributed by atoms with Gasteiger partial charge in [0.15, 0.2) is 0 Å². The molecule has 1 aliphatic rings. The normalized spacial score (nSPS) is 13.7. The number of para-hydroxylation sites is 2. The SMILES string of the molecule is CC(C)c1nc2c(c(N(C)CCn3cnc4ccccc43)n1)CCNC2=O. The average molecular weight is 364 g/mol. The van der Waals surface area contributed by atoms with Crippen LogP contribution in [0.25, 0.3) is 11.0 Å². The first-order valence-electron chi connectivity index (χ1n) is 9.34. The van der Waals surface area contributed by atoms with Gasteiger partial charge in [-0.25, -0.2) is 15.0 Å². The van der Waals surface area contributed by atoms with E-state index in [9.17, 15) is 4.79 Å². The van der Waals surface area contributed by atoms with Crippen LogP contribution in [0.3, 0.4) is 0 Å². The Morgan fingerprint density at radius 3 is 2.89 bits per heavy atom. The summed E-state index contributed by atoms with van der Waals surface area (Å²) in [4.78, 5) is 28.2. The molecule has 27 heavy (non-hydrogen) atoms. The molecule has 1 N–H and O–H groups in total. The second-order valence-electron chi connectivity index (χ2n) is 7.24. The highest BCUT2D eigenvalue weighted by atomic mass is 16.1. The largest absolute Gasteiger partial charge is 0.358 e. The number of amides is 1. The molecule has 0 fully saturated rings. The Labute approximate surface area is 158 Å². The second kappa shape index (κ2) is 6.98. The van der Waals surface area contributed by atoms with Gasteiger partial charge in [-0.15, -0.1) is 0 Å². The number of nitrogens with zero attached hydrogens (tertiary/aromatic N) is 5. The van der Waals surface area contributed by atoms with E-state index in [2.05, 4.69) is 30.8 Å². The minimum Gasteiger partial charge on any atom is -0.358 e. The van der Waals surface area contributed by atoms with E-state index in [0.29, 0.717) is 18.1 Å². The summed E-state index contributed by atoms with van der Waals surface area (Å²) in [5, 5.41) is 2.88. The van der Waals surface area contributed by atoms with E-state index in [1.807, 2.05) is 45.4 Å². The van der Waals surface area contributed by atoms with Gasteiger partial charge in [-0.2, -0.15) is 0 Å². The molecule has 0 aliphatic carbocycles. The molecule has 0 unspecified atom stereocenters. The van der Waals surface area contributed by atoms with E-state index in [-0.39, 0.29) is 11.8 Å². The van der Waals surface area contributed by atoms with E-state index in [0.717, 1.165) is 41.9 Å².